The number of halogens is 1. The number of likely N-dealkylation sites (N-methyl/N-ethyl adjacent to an activating group) is 1. The van der Waals surface area contributed by atoms with Crippen molar-refractivity contribution in [3.05, 3.63) is 178 Å². The Morgan fingerprint density at radius 3 is 1.57 bits per heavy atom. The van der Waals surface area contributed by atoms with Gasteiger partial charge in [-0.2, -0.15) is 0 Å². The average Bonchev–Trinajstić information content (AvgIpc) is 1.69. The highest BCUT2D eigenvalue weighted by atomic mass is 35.5. The van der Waals surface area contributed by atoms with E-state index in [1.165, 1.54) is 72.7 Å². The number of rotatable bonds is 46. The summed E-state index contributed by atoms with van der Waals surface area (Å²) in [6.07, 6.45) is 2.64. The maximum absolute atomic E-state index is 15.6. The Bertz CT molecular complexity index is 4850. The fourth-order valence-corrected chi connectivity index (χ4v) is 14.3. The molecule has 0 bridgehead atoms. The van der Waals surface area contributed by atoms with Gasteiger partial charge in [0.1, 0.15) is 66.3 Å². The molecular weight excluding hydrogens is 1660 g/mol. The van der Waals surface area contributed by atoms with E-state index in [9.17, 15) is 53.1 Å². The highest BCUT2D eigenvalue weighted by molar-refractivity contribution is 6.30. The van der Waals surface area contributed by atoms with E-state index in [1.807, 2.05) is 71.4 Å². The molecule has 0 saturated carbocycles. The third kappa shape index (κ3) is 33.0. The van der Waals surface area contributed by atoms with Crippen molar-refractivity contribution in [2.75, 3.05) is 71.1 Å². The van der Waals surface area contributed by atoms with E-state index in [2.05, 4.69) is 90.1 Å². The number of hydrogen-bond acceptors (Lipinski definition) is 19. The summed E-state index contributed by atoms with van der Waals surface area (Å²) in [6.45, 7) is 8.82. The number of benzene rings is 5. The molecule has 19 amide bonds. The van der Waals surface area contributed by atoms with Gasteiger partial charge in [0, 0.05) is 99.0 Å². The second-order valence-corrected chi connectivity index (χ2v) is 33.6. The summed E-state index contributed by atoms with van der Waals surface area (Å²) >= 11 is 6.28. The Morgan fingerprint density at radius 2 is 1.04 bits per heavy atom. The van der Waals surface area contributed by atoms with Crippen molar-refractivity contribution in [3.8, 4) is 0 Å². The minimum Gasteiger partial charge on any atom is -0.437 e. The number of pyridine rings is 1. The number of nitrogens with one attached hydrogen (secondary N) is 15. The Kier molecular flexibility index (Phi) is 37.8. The van der Waals surface area contributed by atoms with E-state index in [1.54, 1.807) is 56.3 Å². The minimum absolute atomic E-state index is 0.0496. The molecule has 2 saturated heterocycles. The van der Waals surface area contributed by atoms with Crippen molar-refractivity contribution < 1.29 is 86.3 Å². The van der Waals surface area contributed by atoms with Crippen molar-refractivity contribution in [2.45, 2.75) is 184 Å². The summed E-state index contributed by atoms with van der Waals surface area (Å²) in [6, 6.07) is 15.6. The van der Waals surface area contributed by atoms with E-state index in [0.717, 1.165) is 10.8 Å². The Balaban J connectivity index is 1.11. The predicted molar refractivity (Wildman–Crippen MR) is 473 cm³/mol. The third-order valence-electron chi connectivity index (χ3n) is 20.7. The number of hydrogen-bond donors (Lipinski definition) is 18. The number of aromatic nitrogens is 1. The van der Waals surface area contributed by atoms with Gasteiger partial charge in [-0.1, -0.05) is 124 Å². The third-order valence-corrected chi connectivity index (χ3v) is 20.9. The summed E-state index contributed by atoms with van der Waals surface area (Å²) in [7, 11) is 5.56. The molecule has 2 aliphatic heterocycles. The number of likely N-dealkylation sites (tertiary alicyclic amines) is 1. The molecule has 127 heavy (non-hydrogen) atoms. The monoisotopic (exact) mass is 1770 g/mol. The van der Waals surface area contributed by atoms with Crippen LogP contribution in [0.2, 0.25) is 5.02 Å². The summed E-state index contributed by atoms with van der Waals surface area (Å²) in [5, 5.41) is 57.0. The molecule has 20 N–H and O–H groups in total. The van der Waals surface area contributed by atoms with E-state index < -0.39 is 175 Å². The van der Waals surface area contributed by atoms with Crippen LogP contribution in [0.4, 0.5) is 25.8 Å². The van der Waals surface area contributed by atoms with Crippen LogP contribution in [-0.4, -0.2) is 247 Å². The average molecular weight is 1780 g/mol. The number of nitrogens with zero attached hydrogens (tertiary/aromatic N) is 4. The second kappa shape index (κ2) is 48.3. The lowest BCUT2D eigenvalue weighted by atomic mass is 9.99. The molecule has 1 aromatic heterocycles. The van der Waals surface area contributed by atoms with Gasteiger partial charge in [0.25, 0.3) is 5.91 Å². The predicted octanol–water partition coefficient (Wildman–Crippen LogP) is 1.28. The number of quaternary nitrogens is 1. The van der Waals surface area contributed by atoms with E-state index in [-0.39, 0.29) is 106 Å². The van der Waals surface area contributed by atoms with Crippen LogP contribution in [0, 0.1) is 5.92 Å². The molecule has 6 aromatic rings. The van der Waals surface area contributed by atoms with Crippen molar-refractivity contribution >= 4 is 129 Å². The van der Waals surface area contributed by atoms with E-state index in [0.29, 0.717) is 57.6 Å². The van der Waals surface area contributed by atoms with Crippen molar-refractivity contribution in [1.82, 2.24) is 79.0 Å². The number of urea groups is 3. The van der Waals surface area contributed by atoms with Crippen LogP contribution in [0.1, 0.15) is 107 Å². The lowest BCUT2D eigenvalue weighted by Gasteiger charge is -2.31. The Morgan fingerprint density at radius 1 is 0.543 bits per heavy atom. The van der Waals surface area contributed by atoms with Crippen molar-refractivity contribution in [3.63, 3.8) is 0 Å². The number of nitrogens with two attached hydrogens (primary N) is 2. The molecule has 38 nitrogen and oxygen atoms in total. The first-order valence-electron chi connectivity index (χ1n) is 42.1. The number of carbonyl (C=O) groups is 16. The summed E-state index contributed by atoms with van der Waals surface area (Å²) in [5.74, 6) is -11.1. The van der Waals surface area contributed by atoms with Gasteiger partial charge in [-0.15, -0.1) is 0 Å². The molecule has 0 spiro atoms. The second-order valence-electron chi connectivity index (χ2n) is 33.2. The molecule has 2 fully saturated rings. The molecule has 2 aliphatic rings. The first-order valence-corrected chi connectivity index (χ1v) is 42.4. The van der Waals surface area contributed by atoms with Gasteiger partial charge in [-0.25, -0.2) is 9.59 Å². The number of imide groups is 1. The van der Waals surface area contributed by atoms with E-state index >= 15 is 28.8 Å². The molecule has 0 aliphatic carbocycles. The van der Waals surface area contributed by atoms with Gasteiger partial charge >= 0.3 is 12.1 Å². The van der Waals surface area contributed by atoms with Crippen LogP contribution in [0.3, 0.4) is 0 Å². The lowest BCUT2D eigenvalue weighted by Crippen LogP contribution is -2.62. The molecule has 39 heteroatoms. The zero-order chi connectivity index (χ0) is 92.6. The van der Waals surface area contributed by atoms with Crippen LogP contribution in [0.25, 0.3) is 16.1 Å². The first-order chi connectivity index (χ1) is 60.3. The van der Waals surface area contributed by atoms with Crippen LogP contribution < -0.4 is 91.2 Å². The molecule has 8 rings (SSSR count). The lowest BCUT2D eigenvalue weighted by molar-refractivity contribution is -0.862. The number of carbonyl (C=O) groups excluding carboxylic acids is 16. The SMILES string of the molecule is CC(C)C[C@H](NC(=O)[C@@H](Cc1ccc(NC(=O)NCCNC(=O)C[N+](C)(C)C)cc1)NC(=O)[C@H](Cc1ccc(NC(=O)C2CC(=O)[N-]C(=O)N2)cc1)NC(=O)[C@H](CO)NC(=O)[C@@H](Cc1cccnc1)NC(=O)[C@@H](Cc1ccc(Cl)cc1)NC(=O)[C@@H](Cc1ccc2ccccc2c1)NC(N)=O)C(=O)N[C@@H](CCCCNC(C)C)C(=O)N1CCC[C@H]1C(=O)N[C@H](C)C(N)=O. The number of anilines is 2. The molecule has 0 radical (unpaired) electrons. The van der Waals surface area contributed by atoms with Crippen LogP contribution in [-0.2, 0) is 94.4 Å². The van der Waals surface area contributed by atoms with Crippen molar-refractivity contribution in [2.24, 2.45) is 17.4 Å². The molecule has 11 atom stereocenters. The number of amides is 19. The summed E-state index contributed by atoms with van der Waals surface area (Å²) in [5.41, 5.74) is 13.6. The number of aliphatic hydroxyl groups excluding tert-OH is 1. The zero-order valence-electron chi connectivity index (χ0n) is 72.3. The van der Waals surface area contributed by atoms with Gasteiger partial charge in [-0.3, -0.25) is 72.1 Å². The number of fused-ring (bicyclic) bond motifs is 1. The van der Waals surface area contributed by atoms with Crippen LogP contribution in [0.15, 0.2) is 140 Å². The topological polar surface area (TPSA) is 556 Å². The maximum atomic E-state index is 15.6. The molecule has 5 aromatic carbocycles. The highest BCUT2D eigenvalue weighted by Crippen LogP contribution is 2.24. The quantitative estimate of drug-likeness (QED) is 0.0189. The molecule has 1 unspecified atom stereocenters. The van der Waals surface area contributed by atoms with Gasteiger partial charge in [-0.05, 0) is 139 Å². The van der Waals surface area contributed by atoms with Crippen LogP contribution >= 0.6 is 11.6 Å². The van der Waals surface area contributed by atoms with E-state index in [4.69, 9.17) is 23.1 Å². The van der Waals surface area contributed by atoms with Gasteiger partial charge in [0.05, 0.1) is 27.7 Å². The highest BCUT2D eigenvalue weighted by Gasteiger charge is 2.41. The largest absolute Gasteiger partial charge is 0.437 e. The Labute approximate surface area is 741 Å². The van der Waals surface area contributed by atoms with Crippen LogP contribution in [0.5, 0.6) is 0 Å². The van der Waals surface area contributed by atoms with Gasteiger partial charge in [0.2, 0.25) is 65.0 Å². The maximum Gasteiger partial charge on any atom is 0.319 e. The number of unbranched alkanes of at least 4 members (excludes halogenated alkanes) is 1. The van der Waals surface area contributed by atoms with Gasteiger partial charge in [0.15, 0.2) is 12.6 Å². The molecule has 682 valence electrons. The van der Waals surface area contributed by atoms with Gasteiger partial charge < -0.3 is 111 Å². The standard InChI is InChI=1S/C88H116ClN21O17/c1-50(2)39-64(77(116)99-63(18-11-12-35-93-51(3)4)85(124)109-38-14-19-72(109)84(123)96-52(5)75(90)114)100-78(117)66(42-55-25-32-62(33-26-55)98-87(126)95-37-36-94-74(113)48-110(6,7)8)101-80(119)67(43-54-23-30-61(31-24-54)97-76(115)70-46-73(112)108-88(127)107-70)104-83(122)71(49-111)105-81(120)68(45-57-15-13-34-92-47-57)103-79(118)65(41-53-21-28-60(89)29-22-53)102-82(121)69(106-86(91)125)44-56-20-27-58-16-9-10-17-59(58)40-56/h9-10,13,15-17,20-34,40,47,50-52,63-72,93,111H,11-12,14,18-19,35-39,41-46,48-49H2,1-8H3,(H18-,90,91,94,95,96,97,98,99,100,101,102,103,104,105,106,107,108,112,113,114,115,116,117,118,119,120,121,122,123,125,126,127)/t52-,63+,64+,65-,66-,67+,68-,69-,70?,71+,72+/m1/s1. The Hall–Kier alpha value is -13.2. The first kappa shape index (κ1) is 99.2. The molecule has 3 heterocycles. The summed E-state index contributed by atoms with van der Waals surface area (Å²) in [4.78, 5) is 228. The van der Waals surface area contributed by atoms with Crippen molar-refractivity contribution in [1.29, 1.82) is 0 Å². The fraction of sp³-hybridized carbons (Fsp3) is 0.443. The summed E-state index contributed by atoms with van der Waals surface area (Å²) < 4.78 is 0.379. The minimum atomic E-state index is -1.96. The smallest absolute Gasteiger partial charge is 0.319 e. The zero-order valence-corrected chi connectivity index (χ0v) is 73.1. The molecular formula is C88H116ClN21O17. The number of primary amides is 2. The number of aliphatic hydroxyl groups is 1. The normalized spacial score (nSPS) is 15.9. The fourth-order valence-electron chi connectivity index (χ4n) is 14.2.